The number of morpholine rings is 1. The maximum absolute atomic E-state index is 13.6. The Hall–Kier alpha value is -1.25. The van der Waals surface area contributed by atoms with Crippen LogP contribution in [0.2, 0.25) is 0 Å². The van der Waals surface area contributed by atoms with Crippen LogP contribution in [0.3, 0.4) is 0 Å². The molecule has 148 valence electrons. The molecule has 0 amide bonds. The summed E-state index contributed by atoms with van der Waals surface area (Å²) in [5, 5.41) is 2.03. The maximum Gasteiger partial charge on any atom is 0.282 e. The zero-order chi connectivity index (χ0) is 19.4. The van der Waals surface area contributed by atoms with Crippen molar-refractivity contribution in [3.63, 3.8) is 0 Å². The second-order valence-electron chi connectivity index (χ2n) is 7.25. The van der Waals surface area contributed by atoms with Crippen molar-refractivity contribution in [1.29, 1.82) is 0 Å². The molecule has 27 heavy (non-hydrogen) atoms. The third-order valence-electron chi connectivity index (χ3n) is 4.76. The summed E-state index contributed by atoms with van der Waals surface area (Å²) in [6.45, 7) is 7.00. The van der Waals surface area contributed by atoms with E-state index in [9.17, 15) is 8.42 Å². The summed E-state index contributed by atoms with van der Waals surface area (Å²) in [4.78, 5) is 1.19. The predicted molar refractivity (Wildman–Crippen MR) is 110 cm³/mol. The molecule has 0 radical (unpaired) electrons. The monoisotopic (exact) mass is 408 g/mol. The second kappa shape index (κ2) is 8.84. The minimum Gasteiger partial charge on any atom is -0.373 e. The fraction of sp³-hybridized carbons (Fsp3) is 0.500. The Morgan fingerprint density at radius 1 is 1.15 bits per heavy atom. The second-order valence-corrected chi connectivity index (χ2v) is 10.2. The van der Waals surface area contributed by atoms with Gasteiger partial charge in [-0.25, -0.2) is 0 Å². The van der Waals surface area contributed by atoms with E-state index < -0.39 is 10.2 Å². The minimum atomic E-state index is -3.60. The summed E-state index contributed by atoms with van der Waals surface area (Å²) in [6, 6.07) is 13.7. The zero-order valence-electron chi connectivity index (χ0n) is 16.1. The van der Waals surface area contributed by atoms with Crippen LogP contribution in [0.5, 0.6) is 0 Å². The van der Waals surface area contributed by atoms with Crippen LogP contribution in [0.4, 0.5) is 0 Å². The van der Waals surface area contributed by atoms with Crippen molar-refractivity contribution in [2.45, 2.75) is 52.0 Å². The van der Waals surface area contributed by atoms with Crippen molar-refractivity contribution < 1.29 is 13.2 Å². The van der Waals surface area contributed by atoms with E-state index in [1.54, 1.807) is 19.9 Å². The first-order valence-corrected chi connectivity index (χ1v) is 11.6. The summed E-state index contributed by atoms with van der Waals surface area (Å²) in [5.74, 6) is 0. The van der Waals surface area contributed by atoms with Crippen molar-refractivity contribution in [1.82, 2.24) is 8.61 Å². The van der Waals surface area contributed by atoms with Gasteiger partial charge < -0.3 is 4.74 Å². The topological polar surface area (TPSA) is 49.9 Å². The molecule has 1 saturated heterocycles. The standard InChI is InChI=1S/C20H28N2O3S2/c1-16(12-20-10-7-11-26-20)22(15-19-8-5-4-6-9-19)27(23,24)21-13-17(2)25-18(3)14-21/h4-11,16-18H,12-15H2,1-3H3. The lowest BCUT2D eigenvalue weighted by Crippen LogP contribution is -2.54. The summed E-state index contributed by atoms with van der Waals surface area (Å²) in [6.07, 6.45) is 0.503. The molecule has 2 heterocycles. The Morgan fingerprint density at radius 3 is 2.41 bits per heavy atom. The van der Waals surface area contributed by atoms with Gasteiger partial charge in [0.1, 0.15) is 0 Å². The van der Waals surface area contributed by atoms with E-state index in [0.717, 1.165) is 5.56 Å². The van der Waals surface area contributed by atoms with Gasteiger partial charge in [-0.3, -0.25) is 0 Å². The molecule has 7 heteroatoms. The fourth-order valence-corrected chi connectivity index (χ4v) is 6.28. The molecule has 1 fully saturated rings. The lowest BCUT2D eigenvalue weighted by atomic mass is 10.1. The lowest BCUT2D eigenvalue weighted by molar-refractivity contribution is -0.0458. The van der Waals surface area contributed by atoms with Gasteiger partial charge in [0.2, 0.25) is 0 Å². The molecule has 3 rings (SSSR count). The van der Waals surface area contributed by atoms with Crippen molar-refractivity contribution in [2.75, 3.05) is 13.1 Å². The molecular weight excluding hydrogens is 380 g/mol. The van der Waals surface area contributed by atoms with Crippen LogP contribution in [-0.4, -0.2) is 48.4 Å². The maximum atomic E-state index is 13.6. The van der Waals surface area contributed by atoms with Crippen LogP contribution in [-0.2, 0) is 27.9 Å². The number of benzene rings is 1. The quantitative estimate of drug-likeness (QED) is 0.704. The molecular formula is C20H28N2O3S2. The highest BCUT2D eigenvalue weighted by atomic mass is 32.2. The number of ether oxygens (including phenoxy) is 1. The summed E-state index contributed by atoms with van der Waals surface area (Å²) >= 11 is 1.67. The van der Waals surface area contributed by atoms with E-state index in [4.69, 9.17) is 4.74 Å². The van der Waals surface area contributed by atoms with Gasteiger partial charge >= 0.3 is 0 Å². The lowest BCUT2D eigenvalue weighted by Gasteiger charge is -2.39. The Morgan fingerprint density at radius 2 is 1.81 bits per heavy atom. The van der Waals surface area contributed by atoms with Crippen molar-refractivity contribution in [3.8, 4) is 0 Å². The summed E-state index contributed by atoms with van der Waals surface area (Å²) in [5.41, 5.74) is 0.994. The van der Waals surface area contributed by atoms with Gasteiger partial charge in [0.25, 0.3) is 10.2 Å². The van der Waals surface area contributed by atoms with Gasteiger partial charge in [0.05, 0.1) is 12.2 Å². The average molecular weight is 409 g/mol. The summed E-state index contributed by atoms with van der Waals surface area (Å²) in [7, 11) is -3.60. The van der Waals surface area contributed by atoms with Crippen LogP contribution < -0.4 is 0 Å². The average Bonchev–Trinajstić information content (AvgIpc) is 3.12. The molecule has 1 aromatic carbocycles. The van der Waals surface area contributed by atoms with Gasteiger partial charge in [0.15, 0.2) is 0 Å². The predicted octanol–water partition coefficient (Wildman–Crippen LogP) is 3.54. The molecule has 1 aromatic heterocycles. The molecule has 2 aromatic rings. The van der Waals surface area contributed by atoms with Gasteiger partial charge in [-0.2, -0.15) is 17.0 Å². The molecule has 1 aliphatic rings. The molecule has 0 N–H and O–H groups in total. The van der Waals surface area contributed by atoms with Crippen LogP contribution in [0.25, 0.3) is 0 Å². The van der Waals surface area contributed by atoms with E-state index in [1.165, 1.54) is 4.88 Å². The summed E-state index contributed by atoms with van der Waals surface area (Å²) < 4.78 is 36.1. The first-order chi connectivity index (χ1) is 12.9. The SMILES string of the molecule is CC1CN(S(=O)(=O)N(Cc2ccccc2)C(C)Cc2cccs2)CC(C)O1. The van der Waals surface area contributed by atoms with E-state index in [-0.39, 0.29) is 18.2 Å². The molecule has 1 aliphatic heterocycles. The largest absolute Gasteiger partial charge is 0.373 e. The molecule has 3 atom stereocenters. The number of rotatable bonds is 7. The molecule has 0 aliphatic carbocycles. The van der Waals surface area contributed by atoms with Crippen LogP contribution in [0, 0.1) is 0 Å². The number of thiophene rings is 1. The van der Waals surface area contributed by atoms with Gasteiger partial charge in [-0.1, -0.05) is 36.4 Å². The highest BCUT2D eigenvalue weighted by molar-refractivity contribution is 7.86. The fourth-order valence-electron chi connectivity index (χ4n) is 3.52. The van der Waals surface area contributed by atoms with Crippen molar-refractivity contribution >= 4 is 21.5 Å². The molecule has 0 saturated carbocycles. The van der Waals surface area contributed by atoms with Gasteiger partial charge in [0, 0.05) is 30.6 Å². The molecule has 3 unspecified atom stereocenters. The number of nitrogens with zero attached hydrogens (tertiary/aromatic N) is 2. The van der Waals surface area contributed by atoms with E-state index in [0.29, 0.717) is 26.1 Å². The first kappa shape index (κ1) is 20.5. The Bertz CT molecular complexity index is 799. The van der Waals surface area contributed by atoms with E-state index in [1.807, 2.05) is 62.5 Å². The number of hydrogen-bond acceptors (Lipinski definition) is 4. The van der Waals surface area contributed by atoms with Crippen LogP contribution in [0.15, 0.2) is 47.8 Å². The Kier molecular flexibility index (Phi) is 6.70. The van der Waals surface area contributed by atoms with Gasteiger partial charge in [-0.05, 0) is 44.2 Å². The Balaban J connectivity index is 1.87. The third-order valence-corrected chi connectivity index (χ3v) is 7.69. The normalized spacial score (nSPS) is 22.8. The highest BCUT2D eigenvalue weighted by Crippen LogP contribution is 2.24. The van der Waals surface area contributed by atoms with Gasteiger partial charge in [-0.15, -0.1) is 11.3 Å². The van der Waals surface area contributed by atoms with E-state index in [2.05, 4.69) is 6.07 Å². The first-order valence-electron chi connectivity index (χ1n) is 9.35. The van der Waals surface area contributed by atoms with Crippen LogP contribution >= 0.6 is 11.3 Å². The smallest absolute Gasteiger partial charge is 0.282 e. The molecule has 0 spiro atoms. The van der Waals surface area contributed by atoms with Crippen molar-refractivity contribution in [3.05, 3.63) is 58.3 Å². The Labute approximate surface area is 166 Å². The third kappa shape index (κ3) is 5.18. The van der Waals surface area contributed by atoms with Crippen molar-refractivity contribution in [2.24, 2.45) is 0 Å². The highest BCUT2D eigenvalue weighted by Gasteiger charge is 2.37. The molecule has 5 nitrogen and oxygen atoms in total. The van der Waals surface area contributed by atoms with Crippen LogP contribution in [0.1, 0.15) is 31.2 Å². The minimum absolute atomic E-state index is 0.102. The molecule has 0 bridgehead atoms. The van der Waals surface area contributed by atoms with E-state index >= 15 is 0 Å². The number of hydrogen-bond donors (Lipinski definition) is 0. The zero-order valence-corrected chi connectivity index (χ0v) is 17.7.